The molecule has 3 rings (SSSR count). The highest BCUT2D eigenvalue weighted by Gasteiger charge is 2.08. The Morgan fingerprint density at radius 2 is 1.06 bits per heavy atom. The van der Waals surface area contributed by atoms with E-state index in [2.05, 4.69) is 31.9 Å². The maximum atomic E-state index is 12.4. The van der Waals surface area contributed by atoms with Crippen molar-refractivity contribution in [1.82, 2.24) is 0 Å². The van der Waals surface area contributed by atoms with Gasteiger partial charge in [0.25, 0.3) is 0 Å². The van der Waals surface area contributed by atoms with Gasteiger partial charge in [-0.05, 0) is 92.6 Å². The fraction of sp³-hybridized carbons (Fsp3) is 0.395. The number of anilines is 1. The molecule has 0 unspecified atom stereocenters. The van der Waals surface area contributed by atoms with E-state index < -0.39 is 5.97 Å². The van der Waals surface area contributed by atoms with E-state index in [-0.39, 0.29) is 18.5 Å². The minimum absolute atomic E-state index is 0.139. The molecule has 0 heterocycles. The van der Waals surface area contributed by atoms with Crippen molar-refractivity contribution in [2.24, 2.45) is 20.5 Å². The molecule has 0 amide bonds. The molecule has 0 saturated heterocycles. The van der Waals surface area contributed by atoms with Gasteiger partial charge in [0, 0.05) is 24.7 Å². The van der Waals surface area contributed by atoms with Gasteiger partial charge in [-0.25, -0.2) is 9.59 Å². The molecule has 0 fully saturated rings. The van der Waals surface area contributed by atoms with Crippen molar-refractivity contribution in [3.05, 3.63) is 91.0 Å². The van der Waals surface area contributed by atoms with E-state index in [9.17, 15) is 14.4 Å². The van der Waals surface area contributed by atoms with Gasteiger partial charge in [0.2, 0.25) is 0 Å². The third-order valence-corrected chi connectivity index (χ3v) is 7.46. The predicted octanol–water partition coefficient (Wildman–Crippen LogP) is 9.91. The first kappa shape index (κ1) is 38.3. The van der Waals surface area contributed by atoms with Gasteiger partial charge in [-0.3, -0.25) is 4.79 Å². The van der Waals surface area contributed by atoms with Crippen molar-refractivity contribution in [2.75, 3.05) is 37.8 Å². The average molecular weight is 670 g/mol. The Morgan fingerprint density at radius 3 is 1.53 bits per heavy atom. The number of rotatable bonds is 22. The van der Waals surface area contributed by atoms with Crippen LogP contribution in [0.4, 0.5) is 28.4 Å². The van der Waals surface area contributed by atoms with Crippen LogP contribution in [0.3, 0.4) is 0 Å². The van der Waals surface area contributed by atoms with Crippen LogP contribution in [0.1, 0.15) is 75.6 Å². The van der Waals surface area contributed by atoms with Crippen LogP contribution in [-0.2, 0) is 23.8 Å². The number of carbonyl (C=O) groups is 3. The molecular formula is C38H47N5O6. The molecule has 0 atom stereocenters. The van der Waals surface area contributed by atoms with Gasteiger partial charge < -0.3 is 19.1 Å². The van der Waals surface area contributed by atoms with Gasteiger partial charge in [-0.15, -0.1) is 0 Å². The lowest BCUT2D eigenvalue weighted by atomic mass is 10.1. The molecule has 0 aliphatic carbocycles. The molecular weight excluding hydrogens is 622 g/mol. The number of benzene rings is 3. The lowest BCUT2D eigenvalue weighted by molar-refractivity contribution is -0.143. The molecule has 3 aromatic rings. The number of carbonyl (C=O) groups excluding carboxylic acids is 3. The highest BCUT2D eigenvalue weighted by Crippen LogP contribution is 2.25. The van der Waals surface area contributed by atoms with E-state index in [4.69, 9.17) is 14.2 Å². The summed E-state index contributed by atoms with van der Waals surface area (Å²) >= 11 is 0. The van der Waals surface area contributed by atoms with Crippen LogP contribution in [0.2, 0.25) is 0 Å². The summed E-state index contributed by atoms with van der Waals surface area (Å²) < 4.78 is 15.6. The SMILES string of the molecule is C=CC(=O)OCCN(CC)c1ccc(N=Nc2ccc(N=Nc3ccc(C(=O)OCCCCCCCCCOC(=O)CC)cc3)cc2)cc1. The van der Waals surface area contributed by atoms with Crippen molar-refractivity contribution in [3.63, 3.8) is 0 Å². The zero-order chi connectivity index (χ0) is 35.1. The fourth-order valence-electron chi connectivity index (χ4n) is 4.62. The molecule has 0 aromatic heterocycles. The van der Waals surface area contributed by atoms with E-state index in [1.54, 1.807) is 43.3 Å². The van der Waals surface area contributed by atoms with Crippen LogP contribution >= 0.6 is 0 Å². The molecule has 49 heavy (non-hydrogen) atoms. The lowest BCUT2D eigenvalue weighted by Gasteiger charge is -2.22. The molecule has 260 valence electrons. The number of esters is 3. The number of unbranched alkanes of at least 4 members (excludes halogenated alkanes) is 6. The van der Waals surface area contributed by atoms with Gasteiger partial charge >= 0.3 is 17.9 Å². The van der Waals surface area contributed by atoms with Gasteiger partial charge in [0.1, 0.15) is 6.61 Å². The van der Waals surface area contributed by atoms with E-state index in [1.807, 2.05) is 43.3 Å². The molecule has 0 N–H and O–H groups in total. The zero-order valence-electron chi connectivity index (χ0n) is 28.6. The van der Waals surface area contributed by atoms with Crippen molar-refractivity contribution >= 4 is 46.3 Å². The minimum Gasteiger partial charge on any atom is -0.466 e. The Labute approximate surface area is 289 Å². The maximum Gasteiger partial charge on any atom is 0.338 e. The summed E-state index contributed by atoms with van der Waals surface area (Å²) in [6.07, 6.45) is 8.70. The monoisotopic (exact) mass is 669 g/mol. The average Bonchev–Trinajstić information content (AvgIpc) is 3.14. The highest BCUT2D eigenvalue weighted by molar-refractivity contribution is 5.89. The third-order valence-electron chi connectivity index (χ3n) is 7.46. The first-order valence-corrected chi connectivity index (χ1v) is 16.9. The summed E-state index contributed by atoms with van der Waals surface area (Å²) in [4.78, 5) is 36.8. The van der Waals surface area contributed by atoms with Crippen molar-refractivity contribution in [1.29, 1.82) is 0 Å². The number of likely N-dealkylation sites (N-methyl/N-ethyl adjacent to an activating group) is 1. The van der Waals surface area contributed by atoms with Gasteiger partial charge in [-0.1, -0.05) is 45.6 Å². The lowest BCUT2D eigenvalue weighted by Crippen LogP contribution is -2.27. The predicted molar refractivity (Wildman–Crippen MR) is 191 cm³/mol. The van der Waals surface area contributed by atoms with Crippen LogP contribution in [0.5, 0.6) is 0 Å². The van der Waals surface area contributed by atoms with E-state index in [1.165, 1.54) is 0 Å². The standard InChI is InChI=1S/C38H47N5O6/c1-4-36(44)47-27-12-10-8-7-9-11-13-28-49-38(46)30-14-16-31(17-15-30)39-40-32-18-20-33(21-19-32)41-42-34-22-24-35(25-23-34)43(6-3)26-29-48-37(45)5-2/h5,14-25H,2,4,6-13,26-29H2,1,3H3. The molecule has 11 nitrogen and oxygen atoms in total. The molecule has 0 spiro atoms. The Balaban J connectivity index is 1.35. The molecule has 0 radical (unpaired) electrons. The maximum absolute atomic E-state index is 12.4. The molecule has 11 heteroatoms. The number of azo groups is 2. The largest absolute Gasteiger partial charge is 0.466 e. The molecule has 0 aliphatic heterocycles. The Kier molecular flexibility index (Phi) is 17.5. The number of ether oxygens (including phenoxy) is 3. The first-order chi connectivity index (χ1) is 23.9. The van der Waals surface area contributed by atoms with Gasteiger partial charge in [-0.2, -0.15) is 20.5 Å². The topological polar surface area (TPSA) is 132 Å². The smallest absolute Gasteiger partial charge is 0.338 e. The third kappa shape index (κ3) is 15.1. The van der Waals surface area contributed by atoms with Crippen LogP contribution in [0.25, 0.3) is 0 Å². The Hall–Kier alpha value is -5.19. The van der Waals surface area contributed by atoms with Crippen molar-refractivity contribution in [3.8, 4) is 0 Å². The molecule has 0 saturated carbocycles. The number of hydrogen-bond donors (Lipinski definition) is 0. The van der Waals surface area contributed by atoms with Crippen molar-refractivity contribution < 1.29 is 28.6 Å². The summed E-state index contributed by atoms with van der Waals surface area (Å²) in [6.45, 7) is 9.76. The van der Waals surface area contributed by atoms with Crippen LogP contribution in [0.15, 0.2) is 106 Å². The summed E-state index contributed by atoms with van der Waals surface area (Å²) in [5.41, 5.74) is 4.13. The molecule has 0 bridgehead atoms. The Morgan fingerprint density at radius 1 is 0.612 bits per heavy atom. The summed E-state index contributed by atoms with van der Waals surface area (Å²) in [7, 11) is 0. The first-order valence-electron chi connectivity index (χ1n) is 16.9. The minimum atomic E-state index is -0.430. The second kappa shape index (κ2) is 22.4. The van der Waals surface area contributed by atoms with Gasteiger partial charge in [0.05, 0.1) is 48.1 Å². The Bertz CT molecular complexity index is 1510. The van der Waals surface area contributed by atoms with E-state index in [0.29, 0.717) is 54.5 Å². The van der Waals surface area contributed by atoms with Gasteiger partial charge in [0.15, 0.2) is 0 Å². The van der Waals surface area contributed by atoms with E-state index >= 15 is 0 Å². The molecule has 3 aromatic carbocycles. The second-order valence-electron chi connectivity index (χ2n) is 11.1. The molecule has 0 aliphatic rings. The normalized spacial score (nSPS) is 11.1. The van der Waals surface area contributed by atoms with Crippen LogP contribution in [-0.4, -0.2) is 50.8 Å². The summed E-state index contributed by atoms with van der Waals surface area (Å²) in [5.74, 6) is -0.918. The fourth-order valence-corrected chi connectivity index (χ4v) is 4.62. The second-order valence-corrected chi connectivity index (χ2v) is 11.1. The number of hydrogen-bond acceptors (Lipinski definition) is 11. The summed E-state index contributed by atoms with van der Waals surface area (Å²) in [6, 6.07) is 21.7. The van der Waals surface area contributed by atoms with Crippen LogP contribution in [0, 0.1) is 0 Å². The highest BCUT2D eigenvalue weighted by atomic mass is 16.5. The summed E-state index contributed by atoms with van der Waals surface area (Å²) in [5, 5.41) is 17.2. The zero-order valence-corrected chi connectivity index (χ0v) is 28.6. The van der Waals surface area contributed by atoms with Crippen molar-refractivity contribution in [2.45, 2.75) is 65.2 Å². The quantitative estimate of drug-likeness (QED) is 0.0342. The van der Waals surface area contributed by atoms with E-state index in [0.717, 1.165) is 63.3 Å². The number of nitrogens with zero attached hydrogens (tertiary/aromatic N) is 5. The van der Waals surface area contributed by atoms with Crippen LogP contribution < -0.4 is 4.90 Å².